The predicted octanol–water partition coefficient (Wildman–Crippen LogP) is 2.04. The summed E-state index contributed by atoms with van der Waals surface area (Å²) in [6.45, 7) is 6.85. The van der Waals surface area contributed by atoms with Crippen LogP contribution >= 0.6 is 0 Å². The highest BCUT2D eigenvalue weighted by Gasteiger charge is 2.16. The lowest BCUT2D eigenvalue weighted by Crippen LogP contribution is -2.38. The van der Waals surface area contributed by atoms with Gasteiger partial charge in [0.2, 0.25) is 0 Å². The van der Waals surface area contributed by atoms with Crippen molar-refractivity contribution < 1.29 is 9.47 Å². The summed E-state index contributed by atoms with van der Waals surface area (Å²) in [6, 6.07) is 6.89. The van der Waals surface area contributed by atoms with Crippen molar-refractivity contribution in [1.29, 1.82) is 0 Å². The molecule has 1 aromatic rings. The summed E-state index contributed by atoms with van der Waals surface area (Å²) in [5.74, 6) is 1.76. The minimum absolute atomic E-state index is 0.597. The number of benzene rings is 1. The molecule has 19 heavy (non-hydrogen) atoms. The van der Waals surface area contributed by atoms with Crippen LogP contribution in [0.15, 0.2) is 18.2 Å². The molecule has 4 nitrogen and oxygen atoms in total. The fourth-order valence-electron chi connectivity index (χ4n) is 2.67. The molecule has 104 valence electrons. The number of nitrogens with zero attached hydrogens (tertiary/aromatic N) is 1. The first kappa shape index (κ1) is 12.6. The van der Waals surface area contributed by atoms with Crippen molar-refractivity contribution in [1.82, 2.24) is 5.32 Å². The number of nitrogens with one attached hydrogen (secondary N) is 1. The van der Waals surface area contributed by atoms with E-state index in [0.29, 0.717) is 19.3 Å². The molecule has 0 bridgehead atoms. The number of hydrogen-bond donors (Lipinski definition) is 1. The Balaban J connectivity index is 1.76. The highest BCUT2D eigenvalue weighted by molar-refractivity contribution is 5.56. The summed E-state index contributed by atoms with van der Waals surface area (Å²) < 4.78 is 11.2. The van der Waals surface area contributed by atoms with E-state index >= 15 is 0 Å². The van der Waals surface area contributed by atoms with Crippen LogP contribution in [0.5, 0.6) is 11.5 Å². The number of anilines is 1. The molecule has 0 amide bonds. The molecule has 1 aromatic carbocycles. The van der Waals surface area contributed by atoms with Gasteiger partial charge >= 0.3 is 0 Å². The molecule has 2 heterocycles. The third-order valence-electron chi connectivity index (χ3n) is 3.82. The van der Waals surface area contributed by atoms with Gasteiger partial charge in [0.1, 0.15) is 13.2 Å². The second kappa shape index (κ2) is 5.70. The van der Waals surface area contributed by atoms with E-state index in [1.165, 1.54) is 18.5 Å². The first-order valence-corrected chi connectivity index (χ1v) is 7.21. The molecule has 0 spiro atoms. The second-order valence-corrected chi connectivity index (χ2v) is 5.31. The van der Waals surface area contributed by atoms with Crippen LogP contribution in [0.1, 0.15) is 19.8 Å². The van der Waals surface area contributed by atoms with Crippen molar-refractivity contribution in [2.24, 2.45) is 0 Å². The van der Waals surface area contributed by atoms with E-state index in [4.69, 9.17) is 9.47 Å². The monoisotopic (exact) mass is 262 g/mol. The second-order valence-electron chi connectivity index (χ2n) is 5.31. The molecule has 0 aliphatic carbocycles. The van der Waals surface area contributed by atoms with Gasteiger partial charge in [-0.3, -0.25) is 0 Å². The maximum Gasteiger partial charge on any atom is 0.163 e. The van der Waals surface area contributed by atoms with Gasteiger partial charge in [-0.2, -0.15) is 0 Å². The fraction of sp³-hybridized carbons (Fsp3) is 0.600. The normalized spacial score (nSPS) is 23.6. The smallest absolute Gasteiger partial charge is 0.163 e. The minimum atomic E-state index is 0.597. The van der Waals surface area contributed by atoms with Gasteiger partial charge < -0.3 is 19.7 Å². The summed E-state index contributed by atoms with van der Waals surface area (Å²) in [4.78, 5) is 2.45. The van der Waals surface area contributed by atoms with Crippen molar-refractivity contribution in [3.8, 4) is 11.5 Å². The Morgan fingerprint density at radius 1 is 1.16 bits per heavy atom. The van der Waals surface area contributed by atoms with Crippen molar-refractivity contribution in [3.63, 3.8) is 0 Å². The molecule has 1 N–H and O–H groups in total. The fourth-order valence-corrected chi connectivity index (χ4v) is 2.67. The van der Waals surface area contributed by atoms with E-state index in [1.54, 1.807) is 0 Å². The first-order chi connectivity index (χ1) is 9.33. The zero-order valence-electron chi connectivity index (χ0n) is 11.5. The molecule has 1 fully saturated rings. The number of rotatable bonds is 1. The largest absolute Gasteiger partial charge is 0.486 e. The molecule has 0 aromatic heterocycles. The molecule has 0 saturated carbocycles. The summed E-state index contributed by atoms with van der Waals surface area (Å²) in [5.41, 5.74) is 1.25. The average Bonchev–Trinajstić information content (AvgIpc) is 2.43. The van der Waals surface area contributed by atoms with Crippen LogP contribution in [0.3, 0.4) is 0 Å². The van der Waals surface area contributed by atoms with Gasteiger partial charge in [0.25, 0.3) is 0 Å². The topological polar surface area (TPSA) is 33.7 Å². The summed E-state index contributed by atoms with van der Waals surface area (Å²) in [6.07, 6.45) is 2.35. The van der Waals surface area contributed by atoms with E-state index in [9.17, 15) is 0 Å². The average molecular weight is 262 g/mol. The summed E-state index contributed by atoms with van der Waals surface area (Å²) in [5, 5.41) is 3.54. The predicted molar refractivity (Wildman–Crippen MR) is 76.3 cm³/mol. The highest BCUT2D eigenvalue weighted by Crippen LogP contribution is 2.34. The maximum absolute atomic E-state index is 5.67. The van der Waals surface area contributed by atoms with Crippen molar-refractivity contribution >= 4 is 5.69 Å². The standard InChI is InChI=1S/C15H22N2O2/c1-12-5-8-17(7-2-6-16-12)13-3-4-14-15(11-13)19-10-9-18-14/h3-4,11-12,16H,2,5-10H2,1H3. The lowest BCUT2D eigenvalue weighted by Gasteiger charge is -2.30. The zero-order valence-corrected chi connectivity index (χ0v) is 11.5. The third-order valence-corrected chi connectivity index (χ3v) is 3.82. The Labute approximate surface area is 114 Å². The van der Waals surface area contributed by atoms with E-state index in [-0.39, 0.29) is 0 Å². The Hall–Kier alpha value is -1.42. The van der Waals surface area contributed by atoms with E-state index in [2.05, 4.69) is 29.3 Å². The molecule has 2 aliphatic heterocycles. The molecule has 1 unspecified atom stereocenters. The van der Waals surface area contributed by atoms with Gasteiger partial charge in [-0.15, -0.1) is 0 Å². The van der Waals surface area contributed by atoms with Crippen LogP contribution in [0.25, 0.3) is 0 Å². The zero-order chi connectivity index (χ0) is 13.1. The van der Waals surface area contributed by atoms with Gasteiger partial charge in [-0.05, 0) is 38.4 Å². The summed E-state index contributed by atoms with van der Waals surface area (Å²) >= 11 is 0. The minimum Gasteiger partial charge on any atom is -0.486 e. The Morgan fingerprint density at radius 3 is 2.89 bits per heavy atom. The van der Waals surface area contributed by atoms with Crippen molar-refractivity contribution in [2.75, 3.05) is 37.7 Å². The van der Waals surface area contributed by atoms with Gasteiger partial charge in [0, 0.05) is 30.9 Å². The summed E-state index contributed by atoms with van der Waals surface area (Å²) in [7, 11) is 0. The van der Waals surface area contributed by atoms with Gasteiger partial charge in [-0.1, -0.05) is 0 Å². The van der Waals surface area contributed by atoms with Crippen LogP contribution < -0.4 is 19.7 Å². The molecular weight excluding hydrogens is 240 g/mol. The number of hydrogen-bond acceptors (Lipinski definition) is 4. The van der Waals surface area contributed by atoms with Gasteiger partial charge in [0.15, 0.2) is 11.5 Å². The lowest BCUT2D eigenvalue weighted by atomic mass is 10.1. The molecule has 0 radical (unpaired) electrons. The molecular formula is C15H22N2O2. The molecule has 4 heteroatoms. The molecule has 3 rings (SSSR count). The molecule has 2 aliphatic rings. The maximum atomic E-state index is 5.67. The Bertz CT molecular complexity index is 436. The van der Waals surface area contributed by atoms with Crippen LogP contribution in [-0.4, -0.2) is 38.9 Å². The van der Waals surface area contributed by atoms with Gasteiger partial charge in [-0.25, -0.2) is 0 Å². The Morgan fingerprint density at radius 2 is 2.00 bits per heavy atom. The van der Waals surface area contributed by atoms with Crippen molar-refractivity contribution in [2.45, 2.75) is 25.8 Å². The molecule has 1 atom stereocenters. The lowest BCUT2D eigenvalue weighted by molar-refractivity contribution is 0.171. The number of fused-ring (bicyclic) bond motifs is 1. The SMILES string of the molecule is CC1CCN(c2ccc3c(c2)OCCO3)CCCN1. The quantitative estimate of drug-likeness (QED) is 0.839. The highest BCUT2D eigenvalue weighted by atomic mass is 16.6. The van der Waals surface area contributed by atoms with Crippen LogP contribution in [-0.2, 0) is 0 Å². The third kappa shape index (κ3) is 2.95. The first-order valence-electron chi connectivity index (χ1n) is 7.21. The van der Waals surface area contributed by atoms with E-state index in [1.807, 2.05) is 6.07 Å². The van der Waals surface area contributed by atoms with E-state index < -0.39 is 0 Å². The van der Waals surface area contributed by atoms with Crippen molar-refractivity contribution in [3.05, 3.63) is 18.2 Å². The van der Waals surface area contributed by atoms with Crippen LogP contribution in [0.2, 0.25) is 0 Å². The number of ether oxygens (including phenoxy) is 2. The van der Waals surface area contributed by atoms with E-state index in [0.717, 1.165) is 31.1 Å². The van der Waals surface area contributed by atoms with Crippen LogP contribution in [0.4, 0.5) is 5.69 Å². The van der Waals surface area contributed by atoms with Crippen LogP contribution in [0, 0.1) is 0 Å². The Kier molecular flexibility index (Phi) is 3.78. The van der Waals surface area contributed by atoms with Gasteiger partial charge in [0.05, 0.1) is 0 Å². The molecule has 1 saturated heterocycles.